The zero-order valence-electron chi connectivity index (χ0n) is 14.1. The first-order chi connectivity index (χ1) is 11.5. The van der Waals surface area contributed by atoms with Gasteiger partial charge in [0.15, 0.2) is 0 Å². The highest BCUT2D eigenvalue weighted by molar-refractivity contribution is 6.30. The minimum absolute atomic E-state index is 0.0689. The lowest BCUT2D eigenvalue weighted by atomic mass is 9.81. The van der Waals surface area contributed by atoms with Gasteiger partial charge in [-0.25, -0.2) is 4.68 Å². The highest BCUT2D eigenvalue weighted by Crippen LogP contribution is 2.27. The average Bonchev–Trinajstić information content (AvgIpc) is 2.95. The summed E-state index contributed by atoms with van der Waals surface area (Å²) >= 11 is 6.04. The minimum atomic E-state index is -0.0689. The number of halogens is 1. The quantitative estimate of drug-likeness (QED) is 0.894. The van der Waals surface area contributed by atoms with E-state index in [1.165, 1.54) is 0 Å². The van der Waals surface area contributed by atoms with Gasteiger partial charge in [-0.1, -0.05) is 24.6 Å². The number of amides is 1. The summed E-state index contributed by atoms with van der Waals surface area (Å²) in [7, 11) is 0. The van der Waals surface area contributed by atoms with E-state index in [4.69, 9.17) is 11.6 Å². The number of nitrogens with zero attached hydrogens (tertiary/aromatic N) is 2. The van der Waals surface area contributed by atoms with E-state index < -0.39 is 0 Å². The number of nitrogens with one attached hydrogen (secondary N) is 2. The van der Waals surface area contributed by atoms with E-state index in [9.17, 15) is 4.79 Å². The van der Waals surface area contributed by atoms with Gasteiger partial charge in [0.2, 0.25) is 0 Å². The smallest absolute Gasteiger partial charge is 0.254 e. The summed E-state index contributed by atoms with van der Waals surface area (Å²) in [6.45, 7) is 6.84. The van der Waals surface area contributed by atoms with Gasteiger partial charge in [-0.15, -0.1) is 0 Å². The molecule has 1 aliphatic heterocycles. The largest absolute Gasteiger partial charge is 0.351 e. The van der Waals surface area contributed by atoms with Gasteiger partial charge in [-0.05, 0) is 56.5 Å². The van der Waals surface area contributed by atoms with Crippen molar-refractivity contribution in [3.05, 3.63) is 46.7 Å². The maximum Gasteiger partial charge on any atom is 0.254 e. The van der Waals surface area contributed by atoms with Crippen LogP contribution >= 0.6 is 11.6 Å². The summed E-state index contributed by atoms with van der Waals surface area (Å²) < 4.78 is 1.74. The summed E-state index contributed by atoms with van der Waals surface area (Å²) in [5, 5.41) is 11.4. The Bertz CT molecular complexity index is 734. The zero-order chi connectivity index (χ0) is 17.2. The van der Waals surface area contributed by atoms with Crippen LogP contribution in [0.5, 0.6) is 0 Å². The standard InChI is InChI=1S/C18H23ClN4O/c1-13-16(11-22-23(13)15-5-3-4-14(19)10-15)17(24)21-12-18(2)6-8-20-9-7-18/h3-5,10-11,20H,6-9,12H2,1-2H3,(H,21,24). The van der Waals surface area contributed by atoms with E-state index in [0.717, 1.165) is 37.3 Å². The first kappa shape index (κ1) is 17.0. The molecule has 3 rings (SSSR count). The van der Waals surface area contributed by atoms with Crippen LogP contribution in [0.1, 0.15) is 35.8 Å². The van der Waals surface area contributed by atoms with Crippen LogP contribution in [0, 0.1) is 12.3 Å². The first-order valence-corrected chi connectivity index (χ1v) is 8.66. The number of carbonyl (C=O) groups excluding carboxylic acids is 1. The normalized spacial score (nSPS) is 16.8. The molecule has 0 radical (unpaired) electrons. The van der Waals surface area contributed by atoms with Crippen LogP contribution in [0.15, 0.2) is 30.5 Å². The van der Waals surface area contributed by atoms with Gasteiger partial charge in [0.05, 0.1) is 23.1 Å². The molecule has 1 aromatic carbocycles. The summed E-state index contributed by atoms with van der Waals surface area (Å²) in [4.78, 5) is 12.6. The van der Waals surface area contributed by atoms with E-state index in [1.54, 1.807) is 10.9 Å². The number of benzene rings is 1. The maximum atomic E-state index is 12.6. The Morgan fingerprint density at radius 1 is 1.42 bits per heavy atom. The molecule has 6 heteroatoms. The van der Waals surface area contributed by atoms with Gasteiger partial charge in [-0.3, -0.25) is 4.79 Å². The predicted molar refractivity (Wildman–Crippen MR) is 95.9 cm³/mol. The third-order valence-corrected chi connectivity index (χ3v) is 5.03. The molecule has 0 unspecified atom stereocenters. The van der Waals surface area contributed by atoms with Crippen molar-refractivity contribution >= 4 is 17.5 Å². The Hall–Kier alpha value is -1.85. The second-order valence-electron chi connectivity index (χ2n) is 6.78. The van der Waals surface area contributed by atoms with Crippen LogP contribution in [-0.4, -0.2) is 35.3 Å². The molecule has 2 N–H and O–H groups in total. The number of piperidine rings is 1. The van der Waals surface area contributed by atoms with Crippen molar-refractivity contribution in [3.63, 3.8) is 0 Å². The van der Waals surface area contributed by atoms with E-state index in [-0.39, 0.29) is 11.3 Å². The molecule has 1 aromatic heterocycles. The molecule has 0 spiro atoms. The molecule has 0 atom stereocenters. The molecule has 0 saturated carbocycles. The molecule has 2 aromatic rings. The summed E-state index contributed by atoms with van der Waals surface area (Å²) in [5.74, 6) is -0.0689. The maximum absolute atomic E-state index is 12.6. The van der Waals surface area contributed by atoms with Gasteiger partial charge in [-0.2, -0.15) is 5.10 Å². The lowest BCUT2D eigenvalue weighted by Crippen LogP contribution is -2.43. The third-order valence-electron chi connectivity index (χ3n) is 4.79. The molecule has 0 bridgehead atoms. The Morgan fingerprint density at radius 2 is 2.17 bits per heavy atom. The Kier molecular flexibility index (Phi) is 4.92. The van der Waals surface area contributed by atoms with E-state index in [1.807, 2.05) is 31.2 Å². The number of hydrogen-bond acceptors (Lipinski definition) is 3. The van der Waals surface area contributed by atoms with Crippen LogP contribution in [0.25, 0.3) is 5.69 Å². The number of rotatable bonds is 4. The lowest BCUT2D eigenvalue weighted by Gasteiger charge is -2.34. The van der Waals surface area contributed by atoms with Crippen molar-refractivity contribution in [1.82, 2.24) is 20.4 Å². The summed E-state index contributed by atoms with van der Waals surface area (Å²) in [6.07, 6.45) is 3.78. The van der Waals surface area contributed by atoms with Crippen LogP contribution in [0.2, 0.25) is 5.02 Å². The van der Waals surface area contributed by atoms with Crippen molar-refractivity contribution in [2.24, 2.45) is 5.41 Å². The second kappa shape index (κ2) is 6.95. The average molecular weight is 347 g/mol. The van der Waals surface area contributed by atoms with Gasteiger partial charge in [0.1, 0.15) is 0 Å². The lowest BCUT2D eigenvalue weighted by molar-refractivity contribution is 0.0921. The highest BCUT2D eigenvalue weighted by atomic mass is 35.5. The fourth-order valence-electron chi connectivity index (χ4n) is 3.10. The van der Waals surface area contributed by atoms with Crippen LogP contribution in [0.3, 0.4) is 0 Å². The Balaban J connectivity index is 1.72. The fraction of sp³-hybridized carbons (Fsp3) is 0.444. The van der Waals surface area contributed by atoms with Crippen molar-refractivity contribution < 1.29 is 4.79 Å². The third kappa shape index (κ3) is 3.62. The van der Waals surface area contributed by atoms with Crippen LogP contribution in [0.4, 0.5) is 0 Å². The molecule has 128 valence electrons. The molecular weight excluding hydrogens is 324 g/mol. The Morgan fingerprint density at radius 3 is 2.88 bits per heavy atom. The summed E-state index contributed by atoms with van der Waals surface area (Å²) in [5.41, 5.74) is 2.43. The SMILES string of the molecule is Cc1c(C(=O)NCC2(C)CCNCC2)cnn1-c1cccc(Cl)c1. The molecule has 2 heterocycles. The highest BCUT2D eigenvalue weighted by Gasteiger charge is 2.27. The monoisotopic (exact) mass is 346 g/mol. The molecule has 1 aliphatic rings. The number of aromatic nitrogens is 2. The zero-order valence-corrected chi connectivity index (χ0v) is 14.9. The molecule has 1 saturated heterocycles. The van der Waals surface area contributed by atoms with Crippen molar-refractivity contribution in [3.8, 4) is 5.69 Å². The van der Waals surface area contributed by atoms with Gasteiger partial charge < -0.3 is 10.6 Å². The Labute approximate surface area is 147 Å². The summed E-state index contributed by atoms with van der Waals surface area (Å²) in [6, 6.07) is 7.44. The molecule has 0 aliphatic carbocycles. The predicted octanol–water partition coefficient (Wildman–Crippen LogP) is 2.95. The van der Waals surface area contributed by atoms with Crippen molar-refractivity contribution in [1.29, 1.82) is 0 Å². The van der Waals surface area contributed by atoms with Gasteiger partial charge >= 0.3 is 0 Å². The minimum Gasteiger partial charge on any atom is -0.351 e. The molecule has 24 heavy (non-hydrogen) atoms. The fourth-order valence-corrected chi connectivity index (χ4v) is 3.28. The second-order valence-corrected chi connectivity index (χ2v) is 7.22. The molecule has 1 amide bonds. The van der Waals surface area contributed by atoms with Crippen LogP contribution in [-0.2, 0) is 0 Å². The van der Waals surface area contributed by atoms with Crippen LogP contribution < -0.4 is 10.6 Å². The van der Waals surface area contributed by atoms with E-state index >= 15 is 0 Å². The molecular formula is C18H23ClN4O. The number of carbonyl (C=O) groups is 1. The van der Waals surface area contributed by atoms with E-state index in [0.29, 0.717) is 17.1 Å². The van der Waals surface area contributed by atoms with Gasteiger partial charge in [0.25, 0.3) is 5.91 Å². The van der Waals surface area contributed by atoms with Crippen molar-refractivity contribution in [2.45, 2.75) is 26.7 Å². The first-order valence-electron chi connectivity index (χ1n) is 8.28. The van der Waals surface area contributed by atoms with Crippen molar-refractivity contribution in [2.75, 3.05) is 19.6 Å². The van der Waals surface area contributed by atoms with Gasteiger partial charge in [0, 0.05) is 11.6 Å². The number of hydrogen-bond donors (Lipinski definition) is 2. The molecule has 5 nitrogen and oxygen atoms in total. The topological polar surface area (TPSA) is 59.0 Å². The molecule has 1 fully saturated rings. The van der Waals surface area contributed by atoms with E-state index in [2.05, 4.69) is 22.7 Å².